The predicted molar refractivity (Wildman–Crippen MR) is 67.0 cm³/mol. The van der Waals surface area contributed by atoms with Crippen LogP contribution in [-0.2, 0) is 0 Å². The van der Waals surface area contributed by atoms with Gasteiger partial charge < -0.3 is 5.32 Å². The maximum absolute atomic E-state index is 5.96. The van der Waals surface area contributed by atoms with Gasteiger partial charge in [-0.25, -0.2) is 4.98 Å². The quantitative estimate of drug-likeness (QED) is 0.843. The molecule has 1 fully saturated rings. The second-order valence-corrected chi connectivity index (χ2v) is 5.25. The molecule has 0 radical (unpaired) electrons. The number of rotatable bonds is 3. The van der Waals surface area contributed by atoms with Gasteiger partial charge in [0.25, 0.3) is 0 Å². The third-order valence-corrected chi connectivity index (χ3v) is 3.54. The van der Waals surface area contributed by atoms with Crippen molar-refractivity contribution in [2.45, 2.75) is 26.2 Å². The summed E-state index contributed by atoms with van der Waals surface area (Å²) in [7, 11) is 0. The standard InChI is InChI=1S/C11H15Cl2N3/c1-7-2-3-8(4-7)5-14-10-9(12)6-15-11(13)16-10/h6-8H,2-5H2,1H3,(H,14,15,16). The van der Waals surface area contributed by atoms with E-state index in [4.69, 9.17) is 23.2 Å². The van der Waals surface area contributed by atoms with Gasteiger partial charge in [0.15, 0.2) is 0 Å². The fourth-order valence-electron chi connectivity index (χ4n) is 2.22. The molecule has 1 saturated carbocycles. The molecule has 16 heavy (non-hydrogen) atoms. The fourth-order valence-corrected chi connectivity index (χ4v) is 2.51. The molecule has 5 heteroatoms. The summed E-state index contributed by atoms with van der Waals surface area (Å²) in [5.41, 5.74) is 0. The molecule has 2 unspecified atom stereocenters. The van der Waals surface area contributed by atoms with Crippen molar-refractivity contribution >= 4 is 29.0 Å². The van der Waals surface area contributed by atoms with Gasteiger partial charge in [0.1, 0.15) is 10.8 Å². The van der Waals surface area contributed by atoms with Crippen LogP contribution in [0.15, 0.2) is 6.20 Å². The highest BCUT2D eigenvalue weighted by molar-refractivity contribution is 6.33. The van der Waals surface area contributed by atoms with E-state index in [2.05, 4.69) is 22.2 Å². The zero-order chi connectivity index (χ0) is 11.5. The van der Waals surface area contributed by atoms with Crippen LogP contribution >= 0.6 is 23.2 Å². The number of hydrogen-bond acceptors (Lipinski definition) is 3. The van der Waals surface area contributed by atoms with Crippen molar-refractivity contribution in [3.63, 3.8) is 0 Å². The largest absolute Gasteiger partial charge is 0.368 e. The van der Waals surface area contributed by atoms with E-state index >= 15 is 0 Å². The summed E-state index contributed by atoms with van der Waals surface area (Å²) < 4.78 is 0. The SMILES string of the molecule is CC1CCC(CNc2nc(Cl)ncc2Cl)C1. The lowest BCUT2D eigenvalue weighted by Gasteiger charge is -2.12. The molecule has 1 aliphatic carbocycles. The predicted octanol–water partition coefficient (Wildman–Crippen LogP) is 3.63. The Morgan fingerprint density at radius 2 is 2.25 bits per heavy atom. The van der Waals surface area contributed by atoms with Crippen molar-refractivity contribution in [1.82, 2.24) is 9.97 Å². The number of nitrogens with one attached hydrogen (secondary N) is 1. The molecule has 0 spiro atoms. The number of anilines is 1. The molecule has 1 aromatic heterocycles. The summed E-state index contributed by atoms with van der Waals surface area (Å²) in [5.74, 6) is 2.21. The Balaban J connectivity index is 1.91. The van der Waals surface area contributed by atoms with Crippen LogP contribution < -0.4 is 5.32 Å². The van der Waals surface area contributed by atoms with E-state index in [1.165, 1.54) is 25.5 Å². The van der Waals surface area contributed by atoms with E-state index in [9.17, 15) is 0 Å². The lowest BCUT2D eigenvalue weighted by Crippen LogP contribution is -2.13. The maximum Gasteiger partial charge on any atom is 0.224 e. The minimum atomic E-state index is 0.228. The van der Waals surface area contributed by atoms with Crippen molar-refractivity contribution in [3.8, 4) is 0 Å². The minimum Gasteiger partial charge on any atom is -0.368 e. The van der Waals surface area contributed by atoms with Crippen LogP contribution in [-0.4, -0.2) is 16.5 Å². The summed E-state index contributed by atoms with van der Waals surface area (Å²) in [6.07, 6.45) is 5.41. The normalized spacial score (nSPS) is 24.7. The Labute approximate surface area is 106 Å². The van der Waals surface area contributed by atoms with Gasteiger partial charge in [0.2, 0.25) is 5.28 Å². The van der Waals surface area contributed by atoms with Gasteiger partial charge in [-0.1, -0.05) is 24.9 Å². The van der Waals surface area contributed by atoms with Gasteiger partial charge in [-0.15, -0.1) is 0 Å². The van der Waals surface area contributed by atoms with E-state index in [1.54, 1.807) is 0 Å². The highest BCUT2D eigenvalue weighted by Gasteiger charge is 2.21. The summed E-state index contributed by atoms with van der Waals surface area (Å²) >= 11 is 11.7. The van der Waals surface area contributed by atoms with Crippen LogP contribution in [0.1, 0.15) is 26.2 Å². The molecule has 0 saturated heterocycles. The first-order chi connectivity index (χ1) is 7.65. The Kier molecular flexibility index (Phi) is 3.87. The third kappa shape index (κ3) is 2.98. The summed E-state index contributed by atoms with van der Waals surface area (Å²) in [5, 5.41) is 4.00. The average Bonchev–Trinajstić information content (AvgIpc) is 2.66. The van der Waals surface area contributed by atoms with E-state index in [0.717, 1.165) is 18.4 Å². The number of halogens is 2. The highest BCUT2D eigenvalue weighted by Crippen LogP contribution is 2.30. The van der Waals surface area contributed by atoms with Crippen LogP contribution in [0.5, 0.6) is 0 Å². The Morgan fingerprint density at radius 3 is 2.94 bits per heavy atom. The average molecular weight is 260 g/mol. The zero-order valence-electron chi connectivity index (χ0n) is 9.21. The van der Waals surface area contributed by atoms with E-state index in [0.29, 0.717) is 10.8 Å². The van der Waals surface area contributed by atoms with E-state index in [-0.39, 0.29) is 5.28 Å². The molecule has 2 atom stereocenters. The van der Waals surface area contributed by atoms with Crippen LogP contribution in [0.3, 0.4) is 0 Å². The smallest absolute Gasteiger partial charge is 0.224 e. The number of hydrogen-bond donors (Lipinski definition) is 1. The second kappa shape index (κ2) is 5.19. The van der Waals surface area contributed by atoms with Gasteiger partial charge in [-0.05, 0) is 36.3 Å². The van der Waals surface area contributed by atoms with Gasteiger partial charge in [0.05, 0.1) is 6.20 Å². The van der Waals surface area contributed by atoms with Crippen LogP contribution in [0.2, 0.25) is 10.3 Å². The number of aromatic nitrogens is 2. The van der Waals surface area contributed by atoms with Crippen LogP contribution in [0, 0.1) is 11.8 Å². The molecule has 88 valence electrons. The second-order valence-electron chi connectivity index (χ2n) is 4.50. The topological polar surface area (TPSA) is 37.8 Å². The zero-order valence-corrected chi connectivity index (χ0v) is 10.7. The van der Waals surface area contributed by atoms with Gasteiger partial charge in [0, 0.05) is 6.54 Å². The Morgan fingerprint density at radius 1 is 1.44 bits per heavy atom. The van der Waals surface area contributed by atoms with Gasteiger partial charge in [-0.3, -0.25) is 0 Å². The Bertz CT molecular complexity index is 370. The maximum atomic E-state index is 5.96. The van der Waals surface area contributed by atoms with E-state index in [1.807, 2.05) is 0 Å². The van der Waals surface area contributed by atoms with Crippen molar-refractivity contribution in [1.29, 1.82) is 0 Å². The molecular formula is C11H15Cl2N3. The molecule has 2 rings (SSSR count). The first-order valence-electron chi connectivity index (χ1n) is 5.57. The monoisotopic (exact) mass is 259 g/mol. The number of nitrogens with zero attached hydrogens (tertiary/aromatic N) is 2. The molecule has 0 amide bonds. The molecule has 1 aliphatic rings. The summed E-state index contributed by atoms with van der Waals surface area (Å²) in [6.45, 7) is 3.21. The van der Waals surface area contributed by atoms with Crippen LogP contribution in [0.4, 0.5) is 5.82 Å². The summed E-state index contributed by atoms with van der Waals surface area (Å²) in [6, 6.07) is 0. The molecule has 0 bridgehead atoms. The molecule has 1 heterocycles. The molecule has 0 aliphatic heterocycles. The minimum absolute atomic E-state index is 0.228. The van der Waals surface area contributed by atoms with E-state index < -0.39 is 0 Å². The fraction of sp³-hybridized carbons (Fsp3) is 0.636. The van der Waals surface area contributed by atoms with Gasteiger partial charge in [-0.2, -0.15) is 4.98 Å². The molecular weight excluding hydrogens is 245 g/mol. The van der Waals surface area contributed by atoms with Crippen molar-refractivity contribution in [2.24, 2.45) is 11.8 Å². The first kappa shape index (κ1) is 11.9. The third-order valence-electron chi connectivity index (χ3n) is 3.08. The molecule has 1 aromatic rings. The highest BCUT2D eigenvalue weighted by atomic mass is 35.5. The lowest BCUT2D eigenvalue weighted by molar-refractivity contribution is 0.536. The van der Waals surface area contributed by atoms with Crippen molar-refractivity contribution in [2.75, 3.05) is 11.9 Å². The molecule has 3 nitrogen and oxygen atoms in total. The first-order valence-corrected chi connectivity index (χ1v) is 6.32. The van der Waals surface area contributed by atoms with Gasteiger partial charge >= 0.3 is 0 Å². The van der Waals surface area contributed by atoms with Crippen LogP contribution in [0.25, 0.3) is 0 Å². The van der Waals surface area contributed by atoms with Crippen molar-refractivity contribution < 1.29 is 0 Å². The molecule has 1 N–H and O–H groups in total. The van der Waals surface area contributed by atoms with Crippen molar-refractivity contribution in [3.05, 3.63) is 16.5 Å². The Hall–Kier alpha value is -0.540. The lowest BCUT2D eigenvalue weighted by atomic mass is 10.1. The summed E-state index contributed by atoms with van der Waals surface area (Å²) in [4.78, 5) is 7.88. The molecule has 0 aromatic carbocycles.